The van der Waals surface area contributed by atoms with Gasteiger partial charge in [0.15, 0.2) is 5.69 Å². The molecular formula is C15H19N3O3. The van der Waals surface area contributed by atoms with Crippen molar-refractivity contribution in [1.29, 1.82) is 0 Å². The Balaban J connectivity index is 2.37. The first kappa shape index (κ1) is 15.1. The maximum absolute atomic E-state index is 11.8. The molecule has 2 rings (SSSR count). The lowest BCUT2D eigenvalue weighted by Gasteiger charge is -2.11. The third-order valence-corrected chi connectivity index (χ3v) is 3.10. The van der Waals surface area contributed by atoms with E-state index >= 15 is 0 Å². The molecule has 0 spiro atoms. The van der Waals surface area contributed by atoms with Crippen LogP contribution in [-0.4, -0.2) is 35.8 Å². The zero-order valence-electron chi connectivity index (χ0n) is 12.2. The number of esters is 1. The first-order valence-electron chi connectivity index (χ1n) is 6.76. The smallest absolute Gasteiger partial charge is 0.360 e. The molecule has 0 aliphatic rings. The number of nitrogens with two attached hydrogens (primary N) is 1. The predicted molar refractivity (Wildman–Crippen MR) is 79.5 cm³/mol. The Morgan fingerprint density at radius 1 is 1.38 bits per heavy atom. The number of ether oxygens (including phenoxy) is 2. The van der Waals surface area contributed by atoms with Crippen LogP contribution in [0.2, 0.25) is 0 Å². The summed E-state index contributed by atoms with van der Waals surface area (Å²) in [5, 5.41) is 0. The van der Waals surface area contributed by atoms with Crippen molar-refractivity contribution in [2.45, 2.75) is 13.3 Å². The fourth-order valence-electron chi connectivity index (χ4n) is 2.08. The van der Waals surface area contributed by atoms with Gasteiger partial charge in [-0.3, -0.25) is 4.57 Å². The van der Waals surface area contributed by atoms with Crippen molar-refractivity contribution in [3.63, 3.8) is 0 Å². The molecule has 0 radical (unpaired) electrons. The SMILES string of the molecule is CCOC(=O)c1ncn(-c2ccccc2CCOC)c1N. The summed E-state index contributed by atoms with van der Waals surface area (Å²) in [6.07, 6.45) is 2.28. The molecule has 6 heteroatoms. The minimum Gasteiger partial charge on any atom is -0.461 e. The van der Waals surface area contributed by atoms with Crippen LogP contribution in [0, 0.1) is 0 Å². The van der Waals surface area contributed by atoms with E-state index in [1.807, 2.05) is 24.3 Å². The van der Waals surface area contributed by atoms with Gasteiger partial charge in [0.2, 0.25) is 0 Å². The molecule has 0 aliphatic heterocycles. The van der Waals surface area contributed by atoms with Crippen LogP contribution in [-0.2, 0) is 15.9 Å². The van der Waals surface area contributed by atoms with E-state index in [9.17, 15) is 4.79 Å². The van der Waals surface area contributed by atoms with E-state index in [2.05, 4.69) is 4.98 Å². The third-order valence-electron chi connectivity index (χ3n) is 3.10. The van der Waals surface area contributed by atoms with Gasteiger partial charge >= 0.3 is 5.97 Å². The third kappa shape index (κ3) is 3.22. The summed E-state index contributed by atoms with van der Waals surface area (Å²) in [4.78, 5) is 15.8. The Bertz CT molecular complexity index is 622. The zero-order valence-corrected chi connectivity index (χ0v) is 12.2. The maximum atomic E-state index is 11.8. The first-order chi connectivity index (χ1) is 10.2. The van der Waals surface area contributed by atoms with Gasteiger partial charge < -0.3 is 15.2 Å². The fourth-order valence-corrected chi connectivity index (χ4v) is 2.08. The number of imidazole rings is 1. The first-order valence-corrected chi connectivity index (χ1v) is 6.76. The number of hydrogen-bond donors (Lipinski definition) is 1. The van der Waals surface area contributed by atoms with Gasteiger partial charge in [0.1, 0.15) is 12.1 Å². The van der Waals surface area contributed by atoms with E-state index in [0.717, 1.165) is 17.7 Å². The second-order valence-electron chi connectivity index (χ2n) is 4.44. The highest BCUT2D eigenvalue weighted by Crippen LogP contribution is 2.21. The van der Waals surface area contributed by atoms with Crippen LogP contribution >= 0.6 is 0 Å². The average molecular weight is 289 g/mol. The van der Waals surface area contributed by atoms with Gasteiger partial charge in [0.25, 0.3) is 0 Å². The predicted octanol–water partition coefficient (Wildman–Crippen LogP) is 1.82. The fraction of sp³-hybridized carbons (Fsp3) is 0.333. The number of anilines is 1. The van der Waals surface area contributed by atoms with E-state index in [1.165, 1.54) is 6.33 Å². The molecule has 112 valence electrons. The minimum atomic E-state index is -0.511. The van der Waals surface area contributed by atoms with Crippen molar-refractivity contribution in [3.05, 3.63) is 41.9 Å². The van der Waals surface area contributed by atoms with Crippen molar-refractivity contribution in [1.82, 2.24) is 9.55 Å². The number of benzene rings is 1. The van der Waals surface area contributed by atoms with Crippen molar-refractivity contribution in [3.8, 4) is 5.69 Å². The van der Waals surface area contributed by atoms with Gasteiger partial charge in [0, 0.05) is 7.11 Å². The Kier molecular flexibility index (Phi) is 4.94. The summed E-state index contributed by atoms with van der Waals surface area (Å²) in [7, 11) is 1.66. The number of para-hydroxylation sites is 1. The van der Waals surface area contributed by atoms with Crippen LogP contribution < -0.4 is 5.73 Å². The lowest BCUT2D eigenvalue weighted by atomic mass is 10.1. The second kappa shape index (κ2) is 6.90. The Hall–Kier alpha value is -2.34. The van der Waals surface area contributed by atoms with Crippen molar-refractivity contribution in [2.75, 3.05) is 26.1 Å². The minimum absolute atomic E-state index is 0.137. The van der Waals surface area contributed by atoms with Crippen molar-refractivity contribution < 1.29 is 14.3 Å². The molecule has 21 heavy (non-hydrogen) atoms. The summed E-state index contributed by atoms with van der Waals surface area (Å²) in [6, 6.07) is 7.79. The summed E-state index contributed by atoms with van der Waals surface area (Å²) in [6.45, 7) is 2.64. The number of aromatic nitrogens is 2. The van der Waals surface area contributed by atoms with Crippen molar-refractivity contribution >= 4 is 11.8 Å². The summed E-state index contributed by atoms with van der Waals surface area (Å²) < 4.78 is 11.7. The number of methoxy groups -OCH3 is 1. The molecule has 0 fully saturated rings. The van der Waals surface area contributed by atoms with E-state index < -0.39 is 5.97 Å². The standard InChI is InChI=1S/C15H19N3O3/c1-3-21-15(19)13-14(16)18(10-17-13)12-7-5-4-6-11(12)8-9-20-2/h4-7,10H,3,8-9,16H2,1-2H3. The van der Waals surface area contributed by atoms with Crippen LogP contribution in [0.15, 0.2) is 30.6 Å². The Morgan fingerprint density at radius 3 is 2.86 bits per heavy atom. The molecule has 6 nitrogen and oxygen atoms in total. The average Bonchev–Trinajstić information content (AvgIpc) is 2.87. The highest BCUT2D eigenvalue weighted by molar-refractivity contribution is 5.92. The van der Waals surface area contributed by atoms with Gasteiger partial charge in [-0.1, -0.05) is 18.2 Å². The van der Waals surface area contributed by atoms with E-state index in [1.54, 1.807) is 18.6 Å². The van der Waals surface area contributed by atoms with E-state index in [4.69, 9.17) is 15.2 Å². The monoisotopic (exact) mass is 289 g/mol. The molecule has 0 unspecified atom stereocenters. The molecule has 2 aromatic rings. The van der Waals surface area contributed by atoms with Gasteiger partial charge in [-0.2, -0.15) is 0 Å². The quantitative estimate of drug-likeness (QED) is 0.821. The van der Waals surface area contributed by atoms with Crippen LogP contribution in [0.4, 0.5) is 5.82 Å². The van der Waals surface area contributed by atoms with Gasteiger partial charge in [-0.05, 0) is 25.0 Å². The Labute approximate surface area is 123 Å². The van der Waals surface area contributed by atoms with E-state index in [0.29, 0.717) is 6.61 Å². The van der Waals surface area contributed by atoms with E-state index in [-0.39, 0.29) is 18.1 Å². The molecule has 1 aromatic heterocycles. The molecule has 0 aliphatic carbocycles. The summed E-state index contributed by atoms with van der Waals surface area (Å²) in [5.41, 5.74) is 8.12. The number of carbonyl (C=O) groups is 1. The lowest BCUT2D eigenvalue weighted by molar-refractivity contribution is 0.0521. The number of hydrogen-bond acceptors (Lipinski definition) is 5. The molecule has 0 saturated carbocycles. The molecular weight excluding hydrogens is 270 g/mol. The molecule has 0 saturated heterocycles. The maximum Gasteiger partial charge on any atom is 0.360 e. The highest BCUT2D eigenvalue weighted by atomic mass is 16.5. The molecule has 2 N–H and O–H groups in total. The number of carbonyl (C=O) groups excluding carboxylic acids is 1. The normalized spacial score (nSPS) is 10.6. The van der Waals surface area contributed by atoms with Gasteiger partial charge in [-0.25, -0.2) is 9.78 Å². The molecule has 0 atom stereocenters. The number of nitrogens with zero attached hydrogens (tertiary/aromatic N) is 2. The zero-order chi connectivity index (χ0) is 15.2. The molecule has 1 aromatic carbocycles. The number of rotatable bonds is 6. The number of nitrogen functional groups attached to an aromatic ring is 1. The van der Waals surface area contributed by atoms with Crippen LogP contribution in [0.3, 0.4) is 0 Å². The molecule has 1 heterocycles. The van der Waals surface area contributed by atoms with Gasteiger partial charge in [0.05, 0.1) is 18.9 Å². The van der Waals surface area contributed by atoms with Crippen molar-refractivity contribution in [2.24, 2.45) is 0 Å². The second-order valence-corrected chi connectivity index (χ2v) is 4.44. The Morgan fingerprint density at radius 2 is 2.14 bits per heavy atom. The molecule has 0 amide bonds. The topological polar surface area (TPSA) is 79.4 Å². The lowest BCUT2D eigenvalue weighted by Crippen LogP contribution is -2.10. The van der Waals surface area contributed by atoms with Crippen LogP contribution in [0.25, 0.3) is 5.69 Å². The summed E-state index contributed by atoms with van der Waals surface area (Å²) in [5.74, 6) is -0.235. The highest BCUT2D eigenvalue weighted by Gasteiger charge is 2.18. The van der Waals surface area contributed by atoms with Gasteiger partial charge in [-0.15, -0.1) is 0 Å². The summed E-state index contributed by atoms with van der Waals surface area (Å²) >= 11 is 0. The molecule has 0 bridgehead atoms. The van der Waals surface area contributed by atoms with Crippen LogP contribution in [0.1, 0.15) is 23.0 Å². The van der Waals surface area contributed by atoms with Crippen LogP contribution in [0.5, 0.6) is 0 Å². The largest absolute Gasteiger partial charge is 0.461 e.